The van der Waals surface area contributed by atoms with Crippen molar-refractivity contribution in [1.82, 2.24) is 20.4 Å². The number of aryl methyl sites for hydroxylation is 1. The maximum Gasteiger partial charge on any atom is 0.338 e. The van der Waals surface area contributed by atoms with E-state index in [1.165, 1.54) is 18.2 Å². The lowest BCUT2D eigenvalue weighted by Gasteiger charge is -2.37. The molecule has 9 nitrogen and oxygen atoms in total. The fourth-order valence-corrected chi connectivity index (χ4v) is 4.92. The summed E-state index contributed by atoms with van der Waals surface area (Å²) in [5.74, 6) is 1.15. The van der Waals surface area contributed by atoms with Crippen molar-refractivity contribution in [3.63, 3.8) is 0 Å². The SMILES string of the molecule is CCc1ccc([C@H]2NC(=O)NC(CN3CCN(Cc4ccc5c(c4)OCO5)CC3)=C2C(=O)OC)cc1. The monoisotopic (exact) mass is 492 g/mol. The molecule has 0 radical (unpaired) electrons. The minimum absolute atomic E-state index is 0.276. The van der Waals surface area contributed by atoms with Gasteiger partial charge in [0.1, 0.15) is 0 Å². The molecule has 2 aromatic rings. The zero-order chi connectivity index (χ0) is 25.1. The van der Waals surface area contributed by atoms with Crippen LogP contribution < -0.4 is 20.1 Å². The van der Waals surface area contributed by atoms with Gasteiger partial charge in [-0.15, -0.1) is 0 Å². The lowest BCUT2D eigenvalue weighted by atomic mass is 9.94. The van der Waals surface area contributed by atoms with Gasteiger partial charge in [0, 0.05) is 45.0 Å². The molecule has 0 saturated carbocycles. The summed E-state index contributed by atoms with van der Waals surface area (Å²) in [6.45, 7) is 7.07. The standard InChI is InChI=1S/C27H32N4O5/c1-3-18-4-7-20(8-5-18)25-24(26(32)34-2)21(28-27(33)29-25)16-31-12-10-30(11-13-31)15-19-6-9-22-23(14-19)36-17-35-22/h4-9,14,25H,3,10-13,15-17H2,1-2H3,(H2,28,29,33)/t25-/m1/s1. The Kier molecular flexibility index (Phi) is 7.11. The zero-order valence-electron chi connectivity index (χ0n) is 20.7. The largest absolute Gasteiger partial charge is 0.466 e. The van der Waals surface area contributed by atoms with Crippen molar-refractivity contribution in [3.05, 3.63) is 70.4 Å². The lowest BCUT2D eigenvalue weighted by molar-refractivity contribution is -0.136. The molecule has 0 unspecified atom stereocenters. The molecule has 36 heavy (non-hydrogen) atoms. The van der Waals surface area contributed by atoms with Crippen molar-refractivity contribution < 1.29 is 23.8 Å². The number of hydrogen-bond donors (Lipinski definition) is 2. The number of hydrogen-bond acceptors (Lipinski definition) is 7. The molecule has 1 atom stereocenters. The predicted molar refractivity (Wildman–Crippen MR) is 134 cm³/mol. The van der Waals surface area contributed by atoms with Gasteiger partial charge < -0.3 is 24.8 Å². The normalized spacial score (nSPS) is 20.2. The molecule has 2 amide bonds. The zero-order valence-corrected chi connectivity index (χ0v) is 20.7. The Morgan fingerprint density at radius 3 is 2.33 bits per heavy atom. The van der Waals surface area contributed by atoms with Crippen molar-refractivity contribution in [3.8, 4) is 11.5 Å². The van der Waals surface area contributed by atoms with Gasteiger partial charge in [0.15, 0.2) is 11.5 Å². The molecule has 3 aliphatic heterocycles. The Morgan fingerprint density at radius 1 is 0.972 bits per heavy atom. The number of nitrogens with one attached hydrogen (secondary N) is 2. The molecule has 1 fully saturated rings. The number of ether oxygens (including phenoxy) is 3. The topological polar surface area (TPSA) is 92.4 Å². The van der Waals surface area contributed by atoms with Gasteiger partial charge in [0.2, 0.25) is 6.79 Å². The third kappa shape index (κ3) is 5.17. The van der Waals surface area contributed by atoms with Crippen LogP contribution in [0.3, 0.4) is 0 Å². The van der Waals surface area contributed by atoms with E-state index in [1.54, 1.807) is 0 Å². The van der Waals surface area contributed by atoms with Crippen molar-refractivity contribution in [2.75, 3.05) is 46.6 Å². The van der Waals surface area contributed by atoms with E-state index in [0.29, 0.717) is 17.8 Å². The second-order valence-electron chi connectivity index (χ2n) is 9.25. The average molecular weight is 493 g/mol. The Bertz CT molecular complexity index is 1160. The first-order valence-electron chi connectivity index (χ1n) is 12.3. The number of rotatable bonds is 7. The fourth-order valence-electron chi connectivity index (χ4n) is 4.92. The van der Waals surface area contributed by atoms with Crippen molar-refractivity contribution in [1.29, 1.82) is 0 Å². The first-order chi connectivity index (χ1) is 17.5. The molecular weight excluding hydrogens is 460 g/mol. The summed E-state index contributed by atoms with van der Waals surface area (Å²) in [5, 5.41) is 5.77. The van der Waals surface area contributed by atoms with Crippen LogP contribution in [0.4, 0.5) is 4.79 Å². The molecular formula is C27H32N4O5. The van der Waals surface area contributed by atoms with E-state index in [4.69, 9.17) is 14.2 Å². The molecule has 2 aromatic carbocycles. The van der Waals surface area contributed by atoms with Crippen molar-refractivity contribution in [2.24, 2.45) is 0 Å². The molecule has 2 N–H and O–H groups in total. The molecule has 9 heteroatoms. The highest BCUT2D eigenvalue weighted by Crippen LogP contribution is 2.33. The van der Waals surface area contributed by atoms with E-state index in [1.807, 2.05) is 36.4 Å². The number of benzene rings is 2. The quantitative estimate of drug-likeness (QED) is 0.574. The summed E-state index contributed by atoms with van der Waals surface area (Å²) in [4.78, 5) is 30.1. The summed E-state index contributed by atoms with van der Waals surface area (Å²) in [5.41, 5.74) is 4.28. The van der Waals surface area contributed by atoms with Crippen LogP contribution in [0.5, 0.6) is 11.5 Å². The van der Waals surface area contributed by atoms with E-state index in [9.17, 15) is 9.59 Å². The summed E-state index contributed by atoms with van der Waals surface area (Å²) >= 11 is 0. The highest BCUT2D eigenvalue weighted by Gasteiger charge is 2.34. The maximum atomic E-state index is 12.9. The number of piperazine rings is 1. The third-order valence-corrected chi connectivity index (χ3v) is 6.97. The van der Waals surface area contributed by atoms with Crippen LogP contribution >= 0.6 is 0 Å². The van der Waals surface area contributed by atoms with Crippen LogP contribution in [0.1, 0.15) is 29.7 Å². The summed E-state index contributed by atoms with van der Waals surface area (Å²) in [6, 6.07) is 13.2. The highest BCUT2D eigenvalue weighted by atomic mass is 16.7. The van der Waals surface area contributed by atoms with E-state index < -0.39 is 12.0 Å². The molecule has 0 bridgehead atoms. The summed E-state index contributed by atoms with van der Waals surface area (Å²) < 4.78 is 16.0. The molecule has 1 saturated heterocycles. The number of esters is 1. The van der Waals surface area contributed by atoms with Gasteiger partial charge in [-0.2, -0.15) is 0 Å². The van der Waals surface area contributed by atoms with Gasteiger partial charge in [0.25, 0.3) is 0 Å². The van der Waals surface area contributed by atoms with Gasteiger partial charge in [0.05, 0.1) is 18.7 Å². The highest BCUT2D eigenvalue weighted by molar-refractivity contribution is 5.95. The van der Waals surface area contributed by atoms with Crippen LogP contribution in [0.25, 0.3) is 0 Å². The molecule has 0 aromatic heterocycles. The molecule has 3 aliphatic rings. The van der Waals surface area contributed by atoms with E-state index in [0.717, 1.165) is 56.2 Å². The summed E-state index contributed by atoms with van der Waals surface area (Å²) in [6.07, 6.45) is 0.921. The number of carbonyl (C=O) groups is 2. The second kappa shape index (κ2) is 10.6. The molecule has 0 aliphatic carbocycles. The number of nitrogens with zero attached hydrogens (tertiary/aromatic N) is 2. The number of methoxy groups -OCH3 is 1. The van der Waals surface area contributed by atoms with Crippen LogP contribution in [-0.2, 0) is 22.5 Å². The van der Waals surface area contributed by atoms with Gasteiger partial charge >= 0.3 is 12.0 Å². The molecule has 5 rings (SSSR count). The van der Waals surface area contributed by atoms with Crippen LogP contribution in [-0.4, -0.2) is 68.4 Å². The minimum atomic E-state index is -0.556. The third-order valence-electron chi connectivity index (χ3n) is 6.97. The van der Waals surface area contributed by atoms with Gasteiger partial charge in [-0.05, 0) is 35.2 Å². The van der Waals surface area contributed by atoms with Crippen LogP contribution in [0, 0.1) is 0 Å². The second-order valence-corrected chi connectivity index (χ2v) is 9.25. The number of amides is 2. The Morgan fingerprint density at radius 2 is 1.64 bits per heavy atom. The Balaban J connectivity index is 1.27. The predicted octanol–water partition coefficient (Wildman–Crippen LogP) is 2.58. The Labute approximate surface area is 211 Å². The fraction of sp³-hybridized carbons (Fsp3) is 0.407. The van der Waals surface area contributed by atoms with Crippen LogP contribution in [0.2, 0.25) is 0 Å². The smallest absolute Gasteiger partial charge is 0.338 e. The van der Waals surface area contributed by atoms with Gasteiger partial charge in [-0.3, -0.25) is 9.80 Å². The number of fused-ring (bicyclic) bond motifs is 1. The number of carbonyl (C=O) groups excluding carboxylic acids is 2. The van der Waals surface area contributed by atoms with E-state index in [-0.39, 0.29) is 12.8 Å². The maximum absolute atomic E-state index is 12.9. The average Bonchev–Trinajstić information content (AvgIpc) is 3.37. The number of urea groups is 1. The first-order valence-corrected chi connectivity index (χ1v) is 12.3. The molecule has 3 heterocycles. The van der Waals surface area contributed by atoms with Crippen LogP contribution in [0.15, 0.2) is 53.7 Å². The van der Waals surface area contributed by atoms with Gasteiger partial charge in [-0.1, -0.05) is 37.3 Å². The summed E-state index contributed by atoms with van der Waals surface area (Å²) in [7, 11) is 1.37. The van der Waals surface area contributed by atoms with E-state index in [2.05, 4.69) is 33.4 Å². The Hall–Kier alpha value is -3.56. The minimum Gasteiger partial charge on any atom is -0.466 e. The lowest BCUT2D eigenvalue weighted by Crippen LogP contribution is -2.51. The molecule has 0 spiro atoms. The molecule has 190 valence electrons. The van der Waals surface area contributed by atoms with E-state index >= 15 is 0 Å². The van der Waals surface area contributed by atoms with Gasteiger partial charge in [-0.25, -0.2) is 9.59 Å². The first kappa shape index (κ1) is 24.1. The van der Waals surface area contributed by atoms with Crippen molar-refractivity contribution >= 4 is 12.0 Å². The van der Waals surface area contributed by atoms with Crippen molar-refractivity contribution in [2.45, 2.75) is 25.9 Å².